The molecule has 0 heterocycles. The number of fused-ring (bicyclic) bond motifs is 5. The largest absolute Gasteiger partial charge is 0.508 e. The summed E-state index contributed by atoms with van der Waals surface area (Å²) >= 11 is 0. The van der Waals surface area contributed by atoms with Gasteiger partial charge in [-0.05, 0) is 422 Å². The molecule has 16 fully saturated rings. The molecule has 16 aliphatic carbocycles. The molecule has 6 N–H and O–H groups in total. The Kier molecular flexibility index (Phi) is 38.7. The highest BCUT2D eigenvalue weighted by Gasteiger charge is 2.63. The molecule has 0 saturated heterocycles. The van der Waals surface area contributed by atoms with Gasteiger partial charge in [-0.2, -0.15) is 0 Å². The molecule has 4 aromatic rings. The van der Waals surface area contributed by atoms with Crippen molar-refractivity contribution < 1.29 is 97.3 Å². The maximum atomic E-state index is 12.5. The first-order chi connectivity index (χ1) is 65.9. The summed E-state index contributed by atoms with van der Waals surface area (Å²) in [6.07, 6.45) is 33.4. The molecule has 16 unspecified atom stereocenters. The summed E-state index contributed by atoms with van der Waals surface area (Å²) in [7, 11) is 0. The van der Waals surface area contributed by atoms with Crippen LogP contribution >= 0.6 is 0 Å². The highest BCUT2D eigenvalue weighted by atomic mass is 16.7. The molecule has 20 rings (SSSR count). The molecule has 16 atom stereocenters. The summed E-state index contributed by atoms with van der Waals surface area (Å²) in [4.78, 5) is 73.8. The Balaban J connectivity index is 0.000000168. The normalized spacial score (nSPS) is 30.6. The van der Waals surface area contributed by atoms with Gasteiger partial charge in [-0.1, -0.05) is 160 Å². The monoisotopic (exact) mass is 1980 g/mol. The lowest BCUT2D eigenvalue weighted by Gasteiger charge is -2.59. The van der Waals surface area contributed by atoms with E-state index in [1.807, 2.05) is 143 Å². The molecule has 4 aromatic carbocycles. The Bertz CT molecular complexity index is 4490. The fourth-order valence-corrected chi connectivity index (χ4v) is 25.2. The Labute approximate surface area is 855 Å². The maximum absolute atomic E-state index is 12.5. The van der Waals surface area contributed by atoms with Gasteiger partial charge in [-0.25, -0.2) is 0 Å². The van der Waals surface area contributed by atoms with Crippen molar-refractivity contribution in [1.82, 2.24) is 0 Å². The predicted molar refractivity (Wildman–Crippen MR) is 563 cm³/mol. The van der Waals surface area contributed by atoms with Gasteiger partial charge in [-0.3, -0.25) is 28.8 Å². The number of rotatable bonds is 28. The number of hydrogen-bond acceptors (Lipinski definition) is 20. The molecular formula is C122H192O20. The van der Waals surface area contributed by atoms with E-state index in [0.29, 0.717) is 121 Å². The van der Waals surface area contributed by atoms with Gasteiger partial charge < -0.3 is 68.5 Å². The van der Waals surface area contributed by atoms with Crippen LogP contribution < -0.4 is 4.74 Å². The summed E-state index contributed by atoms with van der Waals surface area (Å²) in [5.74, 6) is 8.94. The van der Waals surface area contributed by atoms with E-state index in [1.165, 1.54) is 99.3 Å². The Morgan fingerprint density at radius 3 is 0.894 bits per heavy atom. The molecule has 0 radical (unpaired) electrons. The lowest BCUT2D eigenvalue weighted by atomic mass is 9.52. The first-order valence-electron chi connectivity index (χ1n) is 55.5. The molecule has 0 spiro atoms. The average Bonchev–Trinajstić information content (AvgIpc) is 0.793. The maximum Gasteiger partial charge on any atom is 0.316 e. The Morgan fingerprint density at radius 1 is 0.324 bits per heavy atom. The van der Waals surface area contributed by atoms with Crippen LogP contribution in [0.5, 0.6) is 23.0 Å². The third kappa shape index (κ3) is 31.4. The van der Waals surface area contributed by atoms with E-state index in [-0.39, 0.29) is 81.8 Å². The first kappa shape index (κ1) is 117. The fraction of sp³-hybridized carbons (Fsp3) is 0.770. The number of aromatic hydroxyl groups is 3. The van der Waals surface area contributed by atoms with Crippen LogP contribution in [-0.4, -0.2) is 126 Å². The van der Waals surface area contributed by atoms with E-state index in [0.717, 1.165) is 146 Å². The number of ether oxygens (including phenoxy) is 8. The minimum absolute atomic E-state index is 0.0828. The number of esters is 6. The third-order valence-electron chi connectivity index (χ3n) is 35.7. The van der Waals surface area contributed by atoms with E-state index in [9.17, 15) is 49.2 Å². The van der Waals surface area contributed by atoms with Crippen molar-refractivity contribution in [2.75, 3.05) is 13.2 Å². The topological polar surface area (TPSA) is 298 Å². The fourth-order valence-electron chi connectivity index (χ4n) is 25.2. The summed E-state index contributed by atoms with van der Waals surface area (Å²) in [6, 6.07) is 25.5. The number of hydrogen-bond donors (Lipinski definition) is 6. The SMILES string of the molecule is CCC(C)(C)C(=O)OC(OCC(C)(C)C)C1CC2CCC1C2.CCC(C)(C)C(=O)OC(OCC(C)(C)C)C1CC2CCC1C2.CCC(C)(C)C(=O)OC12CC3CC(CC(O)(C3)C1)C2.CCC(C)(C)C(=O)OC12CC3CC(CC(O)(C3)C1)C2.CCC(C)(C)C(=O)OC12CC3CC(CC(O)(C3)C1)C2.CCC(C)(C)C(=O)Oc1ccc(O)cc1.CCC(C)c1ccc(O)cc1.CCC(C)c1ccc2cc(O)ccc2c1. The molecule has 20 heteroatoms. The molecule has 16 saturated carbocycles. The van der Waals surface area contributed by atoms with Gasteiger partial charge in [0.05, 0.1) is 62.5 Å². The summed E-state index contributed by atoms with van der Waals surface area (Å²) < 4.78 is 47.1. The quantitative estimate of drug-likeness (QED) is 0.0133. The van der Waals surface area contributed by atoms with Gasteiger partial charge in [0.15, 0.2) is 0 Å². The Morgan fingerprint density at radius 2 is 0.606 bits per heavy atom. The van der Waals surface area contributed by atoms with Gasteiger partial charge in [0.2, 0.25) is 12.6 Å². The van der Waals surface area contributed by atoms with Crippen molar-refractivity contribution in [3.05, 3.63) is 96.1 Å². The number of benzene rings is 4. The zero-order chi connectivity index (χ0) is 105. The van der Waals surface area contributed by atoms with Crippen LogP contribution in [0.2, 0.25) is 0 Å². The zero-order valence-corrected chi connectivity index (χ0v) is 93.2. The molecule has 0 aromatic heterocycles. The van der Waals surface area contributed by atoms with Crippen LogP contribution in [0.25, 0.3) is 10.8 Å². The zero-order valence-electron chi connectivity index (χ0n) is 93.2. The van der Waals surface area contributed by atoms with E-state index in [4.69, 9.17) is 48.1 Å². The standard InChI is InChI=1S/2C19H34O3.3C16H26O3.C14H16O.C12H16O3.C10H14O/c2*1-7-19(5,6)17(20)22-16(21-12-18(2,3)4)15-11-13-8-9-14(15)10-13;3*1-4-14(2,3)13(17)19-16-8-11-5-12(9-16)7-15(18,6-11)10-16;1-3-10(2)11-4-5-13-9-14(15)7-6-12(13)8-11;1-4-12(2,3)11(14)15-10-7-5-9(13)6-8-10;1-3-8(2)9-4-6-10(11)7-5-9/h2*13-16H,7-12H2,1-6H3;3*11-12,18H,4-10H2,1-3H3;4-10,15H,3H2,1-2H3;5-8,13H,4H2,1-3H3;4-8,11H,3H2,1-2H3. The molecule has 800 valence electrons. The van der Waals surface area contributed by atoms with Gasteiger partial charge in [0.1, 0.15) is 39.8 Å². The highest BCUT2D eigenvalue weighted by Crippen LogP contribution is 2.63. The van der Waals surface area contributed by atoms with Crippen LogP contribution in [0.15, 0.2) is 84.9 Å². The van der Waals surface area contributed by atoms with Crippen molar-refractivity contribution in [2.45, 2.75) is 470 Å². The van der Waals surface area contributed by atoms with Crippen LogP contribution in [0.4, 0.5) is 0 Å². The molecular weight excluding hydrogens is 1790 g/mol. The highest BCUT2D eigenvalue weighted by molar-refractivity contribution is 5.85. The van der Waals surface area contributed by atoms with Crippen molar-refractivity contribution >= 4 is 46.6 Å². The van der Waals surface area contributed by atoms with Crippen molar-refractivity contribution in [2.24, 2.45) is 114 Å². The molecule has 16 aliphatic rings. The van der Waals surface area contributed by atoms with E-state index in [2.05, 4.69) is 87.4 Å². The minimum atomic E-state index is -0.555. The number of phenols is 3. The predicted octanol–water partition coefficient (Wildman–Crippen LogP) is 28.4. The van der Waals surface area contributed by atoms with Crippen LogP contribution in [0.1, 0.15) is 435 Å². The second-order valence-electron chi connectivity index (χ2n) is 53.6. The second kappa shape index (κ2) is 46.9. The smallest absolute Gasteiger partial charge is 0.316 e. The van der Waals surface area contributed by atoms with Crippen LogP contribution in [0.3, 0.4) is 0 Å². The summed E-state index contributed by atoms with van der Waals surface area (Å²) in [5.41, 5.74) is -2.47. The molecule has 0 amide bonds. The third-order valence-corrected chi connectivity index (χ3v) is 35.7. The van der Waals surface area contributed by atoms with Crippen LogP contribution in [0, 0.1) is 114 Å². The molecule has 16 bridgehead atoms. The number of carbonyl (C=O) groups excluding carboxylic acids is 6. The van der Waals surface area contributed by atoms with Gasteiger partial charge in [-0.15, -0.1) is 0 Å². The number of carbonyl (C=O) groups is 6. The summed E-state index contributed by atoms with van der Waals surface area (Å²) in [5, 5.41) is 61.7. The number of phenolic OH excluding ortho intramolecular Hbond substituents is 3. The lowest BCUT2D eigenvalue weighted by Crippen LogP contribution is -2.61. The second-order valence-corrected chi connectivity index (χ2v) is 53.6. The van der Waals surface area contributed by atoms with E-state index in [1.54, 1.807) is 36.4 Å². The first-order valence-corrected chi connectivity index (χ1v) is 55.5. The van der Waals surface area contributed by atoms with E-state index >= 15 is 0 Å². The summed E-state index contributed by atoms with van der Waals surface area (Å²) in [6.45, 7) is 58.3. The molecule has 142 heavy (non-hydrogen) atoms. The number of aliphatic hydroxyl groups is 3. The Hall–Kier alpha value is -6.84. The average molecular weight is 1980 g/mol. The van der Waals surface area contributed by atoms with Gasteiger partial charge in [0.25, 0.3) is 0 Å². The van der Waals surface area contributed by atoms with Crippen molar-refractivity contribution in [3.63, 3.8) is 0 Å². The van der Waals surface area contributed by atoms with Crippen molar-refractivity contribution in [1.29, 1.82) is 0 Å². The minimum Gasteiger partial charge on any atom is -0.508 e. The van der Waals surface area contributed by atoms with Crippen molar-refractivity contribution in [3.8, 4) is 23.0 Å². The van der Waals surface area contributed by atoms with E-state index < -0.39 is 49.3 Å². The van der Waals surface area contributed by atoms with Gasteiger partial charge >= 0.3 is 35.8 Å². The van der Waals surface area contributed by atoms with Gasteiger partial charge in [0, 0.05) is 31.1 Å². The lowest BCUT2D eigenvalue weighted by molar-refractivity contribution is -0.226. The molecule has 0 aliphatic heterocycles. The molecule has 20 nitrogen and oxygen atoms in total. The van der Waals surface area contributed by atoms with Crippen LogP contribution in [-0.2, 0) is 61.9 Å².